The van der Waals surface area contributed by atoms with Gasteiger partial charge in [0.1, 0.15) is 72.5 Å². The first-order valence-electron chi connectivity index (χ1n) is 39.2. The van der Waals surface area contributed by atoms with Crippen LogP contribution in [0.4, 0.5) is 0 Å². The summed E-state index contributed by atoms with van der Waals surface area (Å²) >= 11 is 0.804. The number of primary amides is 1. The minimum atomic E-state index is -2.02. The Morgan fingerprint density at radius 1 is 0.424 bits per heavy atom. The predicted molar refractivity (Wildman–Crippen MR) is 441 cm³/mol. The highest BCUT2D eigenvalue weighted by Crippen LogP contribution is 2.18. The average molecular weight is 1670 g/mol. The van der Waals surface area contributed by atoms with Crippen LogP contribution in [0.1, 0.15) is 130 Å². The molecule has 0 saturated carbocycles. The van der Waals surface area contributed by atoms with Crippen molar-refractivity contribution in [2.45, 2.75) is 205 Å². The minimum absolute atomic E-state index is 0.00579. The maximum absolute atomic E-state index is 15.0. The lowest BCUT2D eigenvalue weighted by Gasteiger charge is -2.31. The molecule has 648 valence electrons. The van der Waals surface area contributed by atoms with E-state index >= 15 is 0 Å². The van der Waals surface area contributed by atoms with E-state index in [9.17, 15) is 77.0 Å². The summed E-state index contributed by atoms with van der Waals surface area (Å²) in [6.07, 6.45) is -2.24. The van der Waals surface area contributed by atoms with Gasteiger partial charge < -0.3 is 113 Å². The number of hydrogen-bond acceptors (Lipinski definition) is 19. The summed E-state index contributed by atoms with van der Waals surface area (Å²) in [7, 11) is 0. The zero-order chi connectivity index (χ0) is 87.7. The zero-order valence-corrected chi connectivity index (χ0v) is 68.7. The van der Waals surface area contributed by atoms with E-state index in [1.165, 1.54) is 0 Å². The molecule has 39 nitrogen and oxygen atoms in total. The molecule has 0 aromatic heterocycles. The number of carbonyl (C=O) groups excluding carboxylic acids is 14. The van der Waals surface area contributed by atoms with Gasteiger partial charge in [-0.15, -0.1) is 11.8 Å². The summed E-state index contributed by atoms with van der Waals surface area (Å²) < 4.78 is 0. The molecule has 0 bridgehead atoms. The van der Waals surface area contributed by atoms with E-state index < -0.39 is 221 Å². The maximum atomic E-state index is 15.0. The predicted octanol–water partition coefficient (Wildman–Crippen LogP) is -3.45. The topological polar surface area (TPSA) is 644 Å². The molecule has 3 aromatic carbocycles. The smallest absolute Gasteiger partial charge is 0.305 e. The third-order valence-corrected chi connectivity index (χ3v) is 19.9. The van der Waals surface area contributed by atoms with Crippen molar-refractivity contribution < 1.29 is 77.0 Å². The van der Waals surface area contributed by atoms with Crippen molar-refractivity contribution in [2.24, 2.45) is 46.6 Å². The van der Waals surface area contributed by atoms with Crippen LogP contribution in [0.15, 0.2) is 91.0 Å². The Balaban J connectivity index is 1.97. The average Bonchev–Trinajstić information content (AvgIpc) is 0.846. The number of carboxylic acids is 1. The van der Waals surface area contributed by atoms with Crippen molar-refractivity contribution in [2.75, 3.05) is 37.7 Å². The number of nitrogens with one attached hydrogen (secondary N) is 19. The molecule has 0 aliphatic carbocycles. The number of guanidine groups is 3. The van der Waals surface area contributed by atoms with Gasteiger partial charge in [-0.1, -0.05) is 153 Å². The standard InChI is InChI=1S/C78H119N23O16S/c1-9-45(8)63-75(117)93-50(29-20-32-87-77(82)83)65(107)96-56(38-60(104)105)71(113)92-51(30-21-33-88-78(84)85)67(109)99-61(43(4)5)73(115)97-54(36-47-24-15-11-16-25-47)70(112)91-49(28-19-31-86-76(80)81)66(108)98-57(64(106)89-39-58(79)102)40-118-41-59(103)90-53(35-46-22-13-10-14-23-46)69(111)94-52(34-42(2)3)68(110)95-55(37-48-26-17-12-18-27-48)72(114)100-62(44(6)7)74(116)101-63/h10-18,22-27,42-45,49-57,61-63H,9,19-21,28-41H2,1-8H3,(H2,79,102)(H,89,106)(H,90,103)(H,91,112)(H,92,113)(H,93,117)(H,94,111)(H,95,110)(H,96,107)(H,97,115)(H,98,108)(H,99,109)(H,100,114)(H,101,116)(H,104,105)(H4,80,81,86)(H4,82,83,87)(H4,84,85,88)/t45-,49-,50-,51-,52-,53-,54-,55-,56-,57-,61-,62-,63-/m0/s1. The maximum Gasteiger partial charge on any atom is 0.305 e. The van der Waals surface area contributed by atoms with Crippen LogP contribution >= 0.6 is 11.8 Å². The number of hydrogen-bond donors (Lipinski definition) is 24. The van der Waals surface area contributed by atoms with Crippen LogP contribution in [0.5, 0.6) is 0 Å². The van der Waals surface area contributed by atoms with Gasteiger partial charge in [0.2, 0.25) is 82.7 Å². The number of rotatable bonds is 29. The van der Waals surface area contributed by atoms with Gasteiger partial charge in [-0.2, -0.15) is 0 Å². The molecule has 1 saturated heterocycles. The quantitative estimate of drug-likeness (QED) is 0.0183. The van der Waals surface area contributed by atoms with Crippen LogP contribution in [0, 0.1) is 39.9 Å². The second-order valence-corrected chi connectivity index (χ2v) is 30.9. The second-order valence-electron chi connectivity index (χ2n) is 29.9. The molecule has 118 heavy (non-hydrogen) atoms. The SMILES string of the molecule is CC[C@H](C)[C@@H]1NC(=O)[C@H](C(C)C)NC(=O)[C@H](Cc2ccccc2)NC(=O)[C@H](CC(C)C)NC(=O)[C@H](Cc2ccccc2)NC(=O)CSC[C@@H](C(=O)NCC(N)=O)NC(=O)[C@H](CCCNC(=N)N)NC(=O)[C@H](Cc2ccccc2)NC(=O)[C@H](C(C)C)NC(=O)[C@H](CCCNC(=N)N)NC(=O)[C@H](CC(=O)O)NC(=O)[C@H](CCCNC(=N)N)NC1=O. The fraction of sp³-hybridized carbons (Fsp3) is 0.538. The highest BCUT2D eigenvalue weighted by Gasteiger charge is 2.40. The van der Waals surface area contributed by atoms with Crippen molar-refractivity contribution >= 4 is 118 Å². The first-order valence-corrected chi connectivity index (χ1v) is 40.4. The molecule has 0 spiro atoms. The molecular formula is C78H119N23O16S. The summed E-state index contributed by atoms with van der Waals surface area (Å²) in [5, 5.41) is 75.4. The minimum Gasteiger partial charge on any atom is -0.481 e. The Hall–Kier alpha value is -12.1. The van der Waals surface area contributed by atoms with Gasteiger partial charge >= 0.3 is 5.97 Å². The summed E-state index contributed by atoms with van der Waals surface area (Å²) in [5.74, 6) is -19.9. The normalized spacial score (nSPS) is 22.9. The molecule has 0 unspecified atom stereocenters. The fourth-order valence-electron chi connectivity index (χ4n) is 12.3. The first-order chi connectivity index (χ1) is 55.8. The van der Waals surface area contributed by atoms with Gasteiger partial charge in [-0.25, -0.2) is 0 Å². The number of aliphatic carboxylic acids is 1. The lowest BCUT2D eigenvalue weighted by Crippen LogP contribution is -2.62. The Bertz CT molecular complexity index is 3920. The van der Waals surface area contributed by atoms with Crippen LogP contribution in [-0.2, 0) is 91.2 Å². The van der Waals surface area contributed by atoms with Crippen molar-refractivity contribution in [1.29, 1.82) is 16.2 Å². The van der Waals surface area contributed by atoms with E-state index in [-0.39, 0.29) is 96.2 Å². The summed E-state index contributed by atoms with van der Waals surface area (Å²) in [6, 6.07) is 6.60. The number of benzene rings is 3. The van der Waals surface area contributed by atoms with Crippen LogP contribution < -0.4 is 108 Å². The molecule has 1 heterocycles. The van der Waals surface area contributed by atoms with Gasteiger partial charge in [0.05, 0.1) is 18.7 Å². The Labute approximate surface area is 690 Å². The molecular weight excluding hydrogens is 1550 g/mol. The Morgan fingerprint density at radius 3 is 1.14 bits per heavy atom. The van der Waals surface area contributed by atoms with Gasteiger partial charge in [-0.05, 0) is 85.3 Å². The van der Waals surface area contributed by atoms with E-state index in [1.54, 1.807) is 146 Å². The van der Waals surface area contributed by atoms with E-state index in [2.05, 4.69) is 85.1 Å². The van der Waals surface area contributed by atoms with Crippen LogP contribution in [0.3, 0.4) is 0 Å². The first kappa shape index (κ1) is 98.2. The Kier molecular flexibility index (Phi) is 42.5. The molecule has 40 heteroatoms. The van der Waals surface area contributed by atoms with Crippen molar-refractivity contribution in [3.05, 3.63) is 108 Å². The number of carbonyl (C=O) groups is 15. The Morgan fingerprint density at radius 2 is 0.746 bits per heavy atom. The molecule has 3 aromatic rings. The van der Waals surface area contributed by atoms with Crippen molar-refractivity contribution in [3.63, 3.8) is 0 Å². The summed E-state index contributed by atoms with van der Waals surface area (Å²) in [6.45, 7) is 12.4. The summed E-state index contributed by atoms with van der Waals surface area (Å²) in [5.41, 5.74) is 23.7. The van der Waals surface area contributed by atoms with E-state index in [0.29, 0.717) is 16.7 Å². The molecule has 13 atom stereocenters. The summed E-state index contributed by atoms with van der Waals surface area (Å²) in [4.78, 5) is 216. The van der Waals surface area contributed by atoms with Crippen molar-refractivity contribution in [1.82, 2.24) is 85.1 Å². The molecule has 1 aliphatic heterocycles. The highest BCUT2D eigenvalue weighted by atomic mass is 32.2. The van der Waals surface area contributed by atoms with E-state index in [1.807, 2.05) is 0 Å². The van der Waals surface area contributed by atoms with Crippen LogP contribution in [0.2, 0.25) is 0 Å². The molecule has 0 radical (unpaired) electrons. The number of amides is 14. The van der Waals surface area contributed by atoms with Gasteiger partial charge in [0, 0.05) is 44.6 Å². The van der Waals surface area contributed by atoms with Gasteiger partial charge in [0.15, 0.2) is 17.9 Å². The van der Waals surface area contributed by atoms with E-state index in [0.717, 1.165) is 11.8 Å². The third kappa shape index (κ3) is 36.4. The lowest BCUT2D eigenvalue weighted by atomic mass is 9.95. The molecule has 1 fully saturated rings. The molecule has 1 aliphatic rings. The zero-order valence-electron chi connectivity index (χ0n) is 67.9. The molecule has 14 amide bonds. The lowest BCUT2D eigenvalue weighted by molar-refractivity contribution is -0.142. The van der Waals surface area contributed by atoms with Gasteiger partial charge in [0.25, 0.3) is 0 Å². The molecule has 4 rings (SSSR count). The van der Waals surface area contributed by atoms with Crippen LogP contribution in [0.25, 0.3) is 0 Å². The molecule has 28 N–H and O–H groups in total. The largest absolute Gasteiger partial charge is 0.481 e. The van der Waals surface area contributed by atoms with Crippen molar-refractivity contribution in [3.8, 4) is 0 Å². The number of thioether (sulfide) groups is 1. The third-order valence-electron chi connectivity index (χ3n) is 18.8. The highest BCUT2D eigenvalue weighted by molar-refractivity contribution is 8.00. The van der Waals surface area contributed by atoms with Crippen LogP contribution in [-0.4, -0.2) is 222 Å². The fourth-order valence-corrected chi connectivity index (χ4v) is 13.2. The second kappa shape index (κ2) is 51.1. The monoisotopic (exact) mass is 1670 g/mol. The number of nitrogens with two attached hydrogens (primary N) is 4. The number of carboxylic acid groups (broad SMARTS) is 1. The van der Waals surface area contributed by atoms with E-state index in [4.69, 9.17) is 39.2 Å². The van der Waals surface area contributed by atoms with Gasteiger partial charge in [-0.3, -0.25) is 88.1 Å².